The van der Waals surface area contributed by atoms with Crippen molar-refractivity contribution in [2.75, 3.05) is 32.5 Å². The molecule has 0 spiro atoms. The Labute approximate surface area is 116 Å². The maximum absolute atomic E-state index is 12.1. The van der Waals surface area contributed by atoms with Crippen molar-refractivity contribution in [1.29, 1.82) is 0 Å². The van der Waals surface area contributed by atoms with Crippen LogP contribution in [0, 0.1) is 0 Å². The van der Waals surface area contributed by atoms with E-state index in [2.05, 4.69) is 27.3 Å². The quantitative estimate of drug-likeness (QED) is 0.729. The van der Waals surface area contributed by atoms with Crippen molar-refractivity contribution in [2.45, 2.75) is 19.1 Å². The number of methoxy groups -OCH3 is 1. The number of hydrogen-bond acceptors (Lipinski definition) is 5. The van der Waals surface area contributed by atoms with E-state index in [1.54, 1.807) is 7.11 Å². The second kappa shape index (κ2) is 5.77. The van der Waals surface area contributed by atoms with E-state index in [0.717, 1.165) is 19.6 Å². The normalized spacial score (nSPS) is 23.7. The zero-order valence-electron chi connectivity index (χ0n) is 10.9. The van der Waals surface area contributed by atoms with Crippen molar-refractivity contribution in [3.63, 3.8) is 0 Å². The first-order valence-electron chi connectivity index (χ1n) is 6.12. The van der Waals surface area contributed by atoms with Gasteiger partial charge in [-0.25, -0.2) is 0 Å². The first-order chi connectivity index (χ1) is 9.06. The van der Waals surface area contributed by atoms with Crippen molar-refractivity contribution < 1.29 is 9.53 Å². The summed E-state index contributed by atoms with van der Waals surface area (Å²) in [5.74, 6) is -0.198. The van der Waals surface area contributed by atoms with Crippen LogP contribution in [0.2, 0.25) is 5.02 Å². The highest BCUT2D eigenvalue weighted by molar-refractivity contribution is 6.35. The van der Waals surface area contributed by atoms with Crippen LogP contribution in [0.5, 0.6) is 0 Å². The number of H-pyrrole nitrogens is 1. The summed E-state index contributed by atoms with van der Waals surface area (Å²) >= 11 is 5.89. The number of carbonyl (C=O) groups excluding carboxylic acids is 1. The van der Waals surface area contributed by atoms with Gasteiger partial charge in [0, 0.05) is 20.2 Å². The molecule has 0 aliphatic carbocycles. The Morgan fingerprint density at radius 1 is 1.68 bits per heavy atom. The third kappa shape index (κ3) is 2.83. The van der Waals surface area contributed by atoms with Gasteiger partial charge in [-0.2, -0.15) is 5.10 Å². The van der Waals surface area contributed by atoms with Crippen molar-refractivity contribution in [3.05, 3.63) is 10.7 Å². The van der Waals surface area contributed by atoms with Gasteiger partial charge < -0.3 is 15.8 Å². The van der Waals surface area contributed by atoms with Crippen LogP contribution in [0.15, 0.2) is 0 Å². The van der Waals surface area contributed by atoms with E-state index in [-0.39, 0.29) is 34.6 Å². The van der Waals surface area contributed by atoms with Gasteiger partial charge >= 0.3 is 0 Å². The summed E-state index contributed by atoms with van der Waals surface area (Å²) in [5.41, 5.74) is 5.68. The maximum atomic E-state index is 12.1. The molecule has 106 valence electrons. The Morgan fingerprint density at radius 3 is 2.95 bits per heavy atom. The standard InChI is InChI=1S/C11H18ClN5O2/c1-3-17-4-6(7(5-17)19-2)14-11(18)9-8(12)10(13)16-15-9/h6-7H,3-5H2,1-2H3,(H,14,18)(H3,13,15,16)/t6-,7-/m0/s1. The zero-order valence-corrected chi connectivity index (χ0v) is 11.7. The van der Waals surface area contributed by atoms with Gasteiger partial charge in [-0.05, 0) is 6.54 Å². The summed E-state index contributed by atoms with van der Waals surface area (Å²) < 4.78 is 5.39. The molecule has 0 unspecified atom stereocenters. The molecule has 1 amide bonds. The van der Waals surface area contributed by atoms with Crippen LogP contribution in [0.3, 0.4) is 0 Å². The first kappa shape index (κ1) is 14.1. The molecule has 1 aliphatic heterocycles. The van der Waals surface area contributed by atoms with Crippen LogP contribution in [-0.4, -0.2) is 59.9 Å². The number of nitrogens with one attached hydrogen (secondary N) is 2. The Kier molecular flexibility index (Phi) is 4.28. The van der Waals surface area contributed by atoms with E-state index in [9.17, 15) is 4.79 Å². The van der Waals surface area contributed by atoms with Gasteiger partial charge in [0.2, 0.25) is 0 Å². The van der Waals surface area contributed by atoms with Crippen LogP contribution < -0.4 is 11.1 Å². The Hall–Kier alpha value is -1.31. The Morgan fingerprint density at radius 2 is 2.42 bits per heavy atom. The highest BCUT2D eigenvalue weighted by Gasteiger charge is 2.33. The minimum Gasteiger partial charge on any atom is -0.381 e. The van der Waals surface area contributed by atoms with Gasteiger partial charge in [-0.1, -0.05) is 18.5 Å². The summed E-state index contributed by atoms with van der Waals surface area (Å²) in [5, 5.41) is 9.28. The fourth-order valence-electron chi connectivity index (χ4n) is 2.22. The lowest BCUT2D eigenvalue weighted by molar-refractivity contribution is 0.0759. The average Bonchev–Trinajstić information content (AvgIpc) is 2.94. The zero-order chi connectivity index (χ0) is 14.0. The SMILES string of the molecule is CCN1C[C@H](NC(=O)c2[nH]nc(N)c2Cl)[C@@H](OC)C1. The molecule has 4 N–H and O–H groups in total. The molecule has 1 saturated heterocycles. The van der Waals surface area contributed by atoms with Gasteiger partial charge in [0.05, 0.1) is 12.1 Å². The number of amides is 1. The van der Waals surface area contributed by atoms with E-state index in [0.29, 0.717) is 0 Å². The third-order valence-electron chi connectivity index (χ3n) is 3.37. The van der Waals surface area contributed by atoms with E-state index in [1.165, 1.54) is 0 Å². The summed E-state index contributed by atoms with van der Waals surface area (Å²) in [4.78, 5) is 14.3. The largest absolute Gasteiger partial charge is 0.381 e. The number of likely N-dealkylation sites (tertiary alicyclic amines) is 1. The molecule has 2 rings (SSSR count). The third-order valence-corrected chi connectivity index (χ3v) is 3.75. The number of aromatic nitrogens is 2. The fourth-order valence-corrected chi connectivity index (χ4v) is 2.39. The molecular formula is C11H18ClN5O2. The smallest absolute Gasteiger partial charge is 0.271 e. The lowest BCUT2D eigenvalue weighted by atomic mass is 10.2. The molecule has 7 nitrogen and oxygen atoms in total. The molecule has 0 bridgehead atoms. The number of nitrogen functional groups attached to an aromatic ring is 1. The molecule has 8 heteroatoms. The average molecular weight is 288 g/mol. The molecule has 0 aromatic carbocycles. The predicted octanol–water partition coefficient (Wildman–Crippen LogP) is 0.0942. The number of carbonyl (C=O) groups is 1. The summed E-state index contributed by atoms with van der Waals surface area (Å²) in [6.45, 7) is 4.55. The van der Waals surface area contributed by atoms with Gasteiger partial charge in [0.1, 0.15) is 10.7 Å². The molecule has 1 aromatic heterocycles. The van der Waals surface area contributed by atoms with E-state index >= 15 is 0 Å². The number of rotatable bonds is 4. The lowest BCUT2D eigenvalue weighted by Crippen LogP contribution is -2.43. The van der Waals surface area contributed by atoms with Gasteiger partial charge in [-0.3, -0.25) is 14.8 Å². The second-order valence-electron chi connectivity index (χ2n) is 4.50. The number of nitrogens with zero attached hydrogens (tertiary/aromatic N) is 2. The van der Waals surface area contributed by atoms with Gasteiger partial charge in [-0.15, -0.1) is 0 Å². The maximum Gasteiger partial charge on any atom is 0.271 e. The molecule has 2 heterocycles. The van der Waals surface area contributed by atoms with Crippen molar-refractivity contribution in [2.24, 2.45) is 0 Å². The van der Waals surface area contributed by atoms with Gasteiger partial charge in [0.25, 0.3) is 5.91 Å². The van der Waals surface area contributed by atoms with Crippen molar-refractivity contribution in [3.8, 4) is 0 Å². The molecule has 0 saturated carbocycles. The number of halogens is 1. The summed E-state index contributed by atoms with van der Waals surface area (Å²) in [6, 6.07) is -0.0713. The second-order valence-corrected chi connectivity index (χ2v) is 4.88. The lowest BCUT2D eigenvalue weighted by Gasteiger charge is -2.18. The predicted molar refractivity (Wildman–Crippen MR) is 72.2 cm³/mol. The number of aromatic amines is 1. The number of nitrogens with two attached hydrogens (primary N) is 1. The van der Waals surface area contributed by atoms with Crippen LogP contribution in [0.1, 0.15) is 17.4 Å². The van der Waals surface area contributed by atoms with Crippen LogP contribution in [0.25, 0.3) is 0 Å². The molecular weight excluding hydrogens is 270 g/mol. The van der Waals surface area contributed by atoms with E-state index in [1.807, 2.05) is 0 Å². The van der Waals surface area contributed by atoms with Crippen LogP contribution in [-0.2, 0) is 4.74 Å². The first-order valence-corrected chi connectivity index (χ1v) is 6.50. The minimum atomic E-state index is -0.320. The fraction of sp³-hybridized carbons (Fsp3) is 0.636. The van der Waals surface area contributed by atoms with Gasteiger partial charge in [0.15, 0.2) is 5.82 Å². The summed E-state index contributed by atoms with van der Waals surface area (Å²) in [6.07, 6.45) is -0.0251. The number of ether oxygens (including phenoxy) is 1. The van der Waals surface area contributed by atoms with Crippen molar-refractivity contribution in [1.82, 2.24) is 20.4 Å². The van der Waals surface area contributed by atoms with Crippen LogP contribution >= 0.6 is 11.6 Å². The summed E-state index contributed by atoms with van der Waals surface area (Å²) in [7, 11) is 1.64. The van der Waals surface area contributed by atoms with E-state index < -0.39 is 0 Å². The topological polar surface area (TPSA) is 96.3 Å². The molecule has 2 atom stereocenters. The highest BCUT2D eigenvalue weighted by Crippen LogP contribution is 2.20. The molecule has 1 fully saturated rings. The number of anilines is 1. The van der Waals surface area contributed by atoms with Crippen LogP contribution in [0.4, 0.5) is 5.82 Å². The monoisotopic (exact) mass is 287 g/mol. The Balaban J connectivity index is 2.04. The van der Waals surface area contributed by atoms with Crippen molar-refractivity contribution >= 4 is 23.3 Å². The molecule has 1 aromatic rings. The molecule has 1 aliphatic rings. The van der Waals surface area contributed by atoms with E-state index in [4.69, 9.17) is 22.1 Å². The highest BCUT2D eigenvalue weighted by atomic mass is 35.5. The minimum absolute atomic E-state index is 0.0251. The number of hydrogen-bond donors (Lipinski definition) is 3. The Bertz CT molecular complexity index is 464. The molecule has 19 heavy (non-hydrogen) atoms. The number of likely N-dealkylation sites (N-methyl/N-ethyl adjacent to an activating group) is 1. The molecule has 0 radical (unpaired) electrons.